The monoisotopic (exact) mass is 400 g/mol. The summed E-state index contributed by atoms with van der Waals surface area (Å²) in [6.07, 6.45) is 0. The van der Waals surface area contributed by atoms with Crippen LogP contribution in [0.1, 0.15) is 35.7 Å². The largest absolute Gasteiger partial charge is 0.465 e. The number of benzene rings is 2. The Balaban J connectivity index is 2.09. The maximum Gasteiger partial charge on any atom is 0.324 e. The van der Waals surface area contributed by atoms with Gasteiger partial charge in [0.25, 0.3) is 0 Å². The summed E-state index contributed by atoms with van der Waals surface area (Å²) in [7, 11) is 0. The summed E-state index contributed by atoms with van der Waals surface area (Å²) in [6, 6.07) is 15.4. The highest BCUT2D eigenvalue weighted by Crippen LogP contribution is 2.67. The highest BCUT2D eigenvalue weighted by atomic mass is 35.5. The number of Topliss-reactive ketones (excluding diaryl/α,β-unsaturated/α-hetero) is 1. The first-order valence-corrected chi connectivity index (χ1v) is 9.55. The summed E-state index contributed by atoms with van der Waals surface area (Å²) in [5.41, 5.74) is -0.578. The lowest BCUT2D eigenvalue weighted by Gasteiger charge is -2.15. The standard InChI is InChI=1S/C22H21ClO5/c1-3-27-20(25)22(21(26)28-4-2)17(14-8-6-5-7-9-14)18(22)19(24)15-10-12-16(23)13-11-15/h5-13,17-18H,3-4H2,1-2H3/t17-,18+/m1/s1. The molecule has 1 fully saturated rings. The van der Waals surface area contributed by atoms with Gasteiger partial charge >= 0.3 is 11.9 Å². The average molecular weight is 401 g/mol. The Morgan fingerprint density at radius 2 is 1.43 bits per heavy atom. The van der Waals surface area contributed by atoms with Gasteiger partial charge in [0.15, 0.2) is 11.2 Å². The van der Waals surface area contributed by atoms with E-state index in [1.165, 1.54) is 0 Å². The molecule has 0 aliphatic heterocycles. The normalized spacial score (nSPS) is 19.5. The van der Waals surface area contributed by atoms with Crippen molar-refractivity contribution in [2.45, 2.75) is 19.8 Å². The number of carbonyl (C=O) groups is 3. The third-order valence-corrected chi connectivity index (χ3v) is 5.25. The zero-order valence-corrected chi connectivity index (χ0v) is 16.4. The molecule has 2 atom stereocenters. The van der Waals surface area contributed by atoms with Crippen LogP contribution in [0.2, 0.25) is 5.02 Å². The van der Waals surface area contributed by atoms with E-state index in [0.717, 1.165) is 5.56 Å². The molecule has 0 unspecified atom stereocenters. The fourth-order valence-corrected chi connectivity index (χ4v) is 3.87. The molecule has 1 aliphatic carbocycles. The van der Waals surface area contributed by atoms with Gasteiger partial charge in [0.1, 0.15) is 0 Å². The van der Waals surface area contributed by atoms with Gasteiger partial charge in [-0.25, -0.2) is 0 Å². The van der Waals surface area contributed by atoms with E-state index in [-0.39, 0.29) is 19.0 Å². The van der Waals surface area contributed by atoms with Crippen LogP contribution in [-0.2, 0) is 19.1 Å². The quantitative estimate of drug-likeness (QED) is 0.398. The van der Waals surface area contributed by atoms with E-state index in [1.54, 1.807) is 62.4 Å². The van der Waals surface area contributed by atoms with Gasteiger partial charge in [-0.1, -0.05) is 41.9 Å². The van der Waals surface area contributed by atoms with Crippen LogP contribution in [0.3, 0.4) is 0 Å². The first-order valence-electron chi connectivity index (χ1n) is 9.17. The zero-order chi connectivity index (χ0) is 20.3. The third kappa shape index (κ3) is 3.31. The Bertz CT molecular complexity index is 858. The van der Waals surface area contributed by atoms with Gasteiger partial charge in [-0.15, -0.1) is 0 Å². The van der Waals surface area contributed by atoms with Crippen molar-refractivity contribution in [3.8, 4) is 0 Å². The van der Waals surface area contributed by atoms with E-state index >= 15 is 0 Å². The van der Waals surface area contributed by atoms with E-state index in [2.05, 4.69) is 0 Å². The smallest absolute Gasteiger partial charge is 0.324 e. The zero-order valence-electron chi connectivity index (χ0n) is 15.7. The second kappa shape index (κ2) is 8.15. The summed E-state index contributed by atoms with van der Waals surface area (Å²) in [6.45, 7) is 3.52. The first kappa shape index (κ1) is 20.1. The summed E-state index contributed by atoms with van der Waals surface area (Å²) in [4.78, 5) is 39.1. The highest BCUT2D eigenvalue weighted by molar-refractivity contribution is 6.30. The molecule has 0 N–H and O–H groups in total. The number of rotatable bonds is 7. The van der Waals surface area contributed by atoms with Gasteiger partial charge in [0.2, 0.25) is 0 Å². The van der Waals surface area contributed by atoms with E-state index in [0.29, 0.717) is 10.6 Å². The van der Waals surface area contributed by atoms with Crippen LogP contribution in [0.5, 0.6) is 0 Å². The molecule has 1 aliphatic rings. The Labute approximate surface area is 168 Å². The Morgan fingerprint density at radius 1 is 0.893 bits per heavy atom. The summed E-state index contributed by atoms with van der Waals surface area (Å²) < 4.78 is 10.4. The minimum Gasteiger partial charge on any atom is -0.465 e. The molecule has 146 valence electrons. The van der Waals surface area contributed by atoms with Crippen LogP contribution in [0, 0.1) is 11.3 Å². The van der Waals surface area contributed by atoms with Gasteiger partial charge in [-0.2, -0.15) is 0 Å². The number of esters is 2. The second-order valence-corrected chi connectivity index (χ2v) is 6.98. The molecule has 5 nitrogen and oxygen atoms in total. The molecule has 2 aromatic rings. The number of ether oxygens (including phenoxy) is 2. The molecule has 0 saturated heterocycles. The fraction of sp³-hybridized carbons (Fsp3) is 0.318. The molecule has 6 heteroatoms. The Hall–Kier alpha value is -2.66. The van der Waals surface area contributed by atoms with E-state index in [9.17, 15) is 14.4 Å². The van der Waals surface area contributed by atoms with Crippen LogP contribution in [0.25, 0.3) is 0 Å². The van der Waals surface area contributed by atoms with Crippen molar-refractivity contribution in [2.75, 3.05) is 13.2 Å². The van der Waals surface area contributed by atoms with Crippen molar-refractivity contribution in [3.63, 3.8) is 0 Å². The van der Waals surface area contributed by atoms with Crippen molar-refractivity contribution >= 4 is 29.3 Å². The Kier molecular flexibility index (Phi) is 5.84. The summed E-state index contributed by atoms with van der Waals surface area (Å²) in [5.74, 6) is -3.31. The molecule has 28 heavy (non-hydrogen) atoms. The molecule has 3 rings (SSSR count). The first-order chi connectivity index (χ1) is 13.5. The number of hydrogen-bond acceptors (Lipinski definition) is 5. The average Bonchev–Trinajstić information content (AvgIpc) is 3.40. The van der Waals surface area contributed by atoms with Crippen LogP contribution in [0.15, 0.2) is 54.6 Å². The molecule has 2 aromatic carbocycles. The molecule has 0 spiro atoms. The predicted octanol–water partition coefficient (Wildman–Crippen LogP) is 4.05. The summed E-state index contributed by atoms with van der Waals surface area (Å²) >= 11 is 5.92. The van der Waals surface area contributed by atoms with Gasteiger partial charge < -0.3 is 9.47 Å². The molecule has 1 saturated carbocycles. The molecular formula is C22H21ClO5. The van der Waals surface area contributed by atoms with Gasteiger partial charge in [0.05, 0.1) is 19.1 Å². The molecule has 0 bridgehead atoms. The number of halogens is 1. The van der Waals surface area contributed by atoms with Crippen molar-refractivity contribution in [1.29, 1.82) is 0 Å². The van der Waals surface area contributed by atoms with Crippen molar-refractivity contribution in [3.05, 3.63) is 70.7 Å². The number of carbonyl (C=O) groups excluding carboxylic acids is 3. The van der Waals surface area contributed by atoms with Crippen LogP contribution >= 0.6 is 11.6 Å². The van der Waals surface area contributed by atoms with Gasteiger partial charge in [-0.3, -0.25) is 14.4 Å². The SMILES string of the molecule is CCOC(=O)C1(C(=O)OCC)[C@H](C(=O)c2ccc(Cl)cc2)[C@H]1c1ccccc1. The third-order valence-electron chi connectivity index (χ3n) is 5.00. The minimum absolute atomic E-state index is 0.101. The van der Waals surface area contributed by atoms with Gasteiger partial charge in [0, 0.05) is 16.5 Å². The predicted molar refractivity (Wildman–Crippen MR) is 104 cm³/mol. The minimum atomic E-state index is -1.68. The number of ketones is 1. The number of hydrogen-bond donors (Lipinski definition) is 0. The van der Waals surface area contributed by atoms with Crippen LogP contribution < -0.4 is 0 Å². The van der Waals surface area contributed by atoms with E-state index in [4.69, 9.17) is 21.1 Å². The lowest BCUT2D eigenvalue weighted by molar-refractivity contribution is -0.165. The maximum atomic E-state index is 13.3. The summed E-state index contributed by atoms with van der Waals surface area (Å²) in [5, 5.41) is 0.494. The maximum absolute atomic E-state index is 13.3. The van der Waals surface area contributed by atoms with Crippen LogP contribution in [0.4, 0.5) is 0 Å². The van der Waals surface area contributed by atoms with Crippen molar-refractivity contribution in [2.24, 2.45) is 11.3 Å². The fourth-order valence-electron chi connectivity index (χ4n) is 3.75. The Morgan fingerprint density at radius 3 is 1.93 bits per heavy atom. The molecular weight excluding hydrogens is 380 g/mol. The van der Waals surface area contributed by atoms with Gasteiger partial charge in [-0.05, 0) is 43.7 Å². The van der Waals surface area contributed by atoms with E-state index in [1.807, 2.05) is 6.07 Å². The molecule has 0 aromatic heterocycles. The second-order valence-electron chi connectivity index (χ2n) is 6.55. The van der Waals surface area contributed by atoms with Crippen molar-refractivity contribution < 1.29 is 23.9 Å². The van der Waals surface area contributed by atoms with Crippen LogP contribution in [-0.4, -0.2) is 30.9 Å². The lowest BCUT2D eigenvalue weighted by Crippen LogP contribution is -2.34. The highest BCUT2D eigenvalue weighted by Gasteiger charge is 2.79. The van der Waals surface area contributed by atoms with Crippen molar-refractivity contribution in [1.82, 2.24) is 0 Å². The molecule has 0 radical (unpaired) electrons. The lowest BCUT2D eigenvalue weighted by atomic mass is 9.97. The molecule has 0 amide bonds. The van der Waals surface area contributed by atoms with E-state index < -0.39 is 29.2 Å². The topological polar surface area (TPSA) is 69.7 Å². The molecule has 0 heterocycles.